The molecule has 1 unspecified atom stereocenters. The van der Waals surface area contributed by atoms with Gasteiger partial charge in [-0.15, -0.1) is 0 Å². The number of nitrogens with one attached hydrogen (secondary N) is 1. The molecular weight excluding hydrogens is 433 g/mol. The number of H-pyrrole nitrogens is 1. The zero-order valence-electron chi connectivity index (χ0n) is 13.9. The minimum Gasteiger partial charge on any atom is -0.390 e. The predicted octanol–water partition coefficient (Wildman–Crippen LogP) is 0.637. The van der Waals surface area contributed by atoms with Crippen LogP contribution in [0, 0.1) is 0 Å². The molecule has 4 atom stereocenters. The maximum Gasteiger partial charge on any atom is 0.408 e. The topological polar surface area (TPSA) is 123 Å². The maximum atomic E-state index is 12.4. The van der Waals surface area contributed by atoms with Gasteiger partial charge in [0.25, 0.3) is 5.56 Å². The first-order chi connectivity index (χ1) is 12.3. The Labute approximate surface area is 157 Å². The zero-order valence-corrected chi connectivity index (χ0v) is 16.4. The molecule has 2 fully saturated rings. The Morgan fingerprint density at radius 3 is 2.96 bits per heavy atom. The summed E-state index contributed by atoms with van der Waals surface area (Å²) in [5, 5.41) is 10.2. The number of hydrogen-bond donors (Lipinski definition) is 2. The van der Waals surface area contributed by atoms with Crippen molar-refractivity contribution in [1.29, 1.82) is 0 Å². The van der Waals surface area contributed by atoms with Gasteiger partial charge in [0, 0.05) is 19.2 Å². The van der Waals surface area contributed by atoms with Crippen molar-refractivity contribution in [2.75, 3.05) is 26.8 Å². The Hall–Kier alpha value is -1.07. The highest BCUT2D eigenvalue weighted by atomic mass is 79.9. The van der Waals surface area contributed by atoms with Crippen molar-refractivity contribution in [2.45, 2.75) is 24.9 Å². The summed E-state index contributed by atoms with van der Waals surface area (Å²) in [7, 11) is -1.73. The largest absolute Gasteiger partial charge is 0.408 e. The molecule has 2 saturated heterocycles. The third-order valence-electron chi connectivity index (χ3n) is 4.24. The number of likely N-dealkylation sites (N-methyl/N-ethyl adjacent to an activating group) is 1. The molecule has 2 N–H and O–H groups in total. The van der Waals surface area contributed by atoms with Gasteiger partial charge in [0.15, 0.2) is 0 Å². The molecule has 144 valence electrons. The van der Waals surface area contributed by atoms with E-state index in [2.05, 4.69) is 20.9 Å². The number of nitrogens with zero attached hydrogens (tertiary/aromatic N) is 2. The van der Waals surface area contributed by atoms with Crippen molar-refractivity contribution in [3.8, 4) is 0 Å². The smallest absolute Gasteiger partial charge is 0.390 e. The number of hydrogen-bond acceptors (Lipinski definition) is 7. The fourth-order valence-electron chi connectivity index (χ4n) is 2.75. The van der Waals surface area contributed by atoms with Crippen molar-refractivity contribution < 1.29 is 23.5 Å². The van der Waals surface area contributed by atoms with Crippen molar-refractivity contribution in [3.05, 3.63) is 37.6 Å². The highest BCUT2D eigenvalue weighted by molar-refractivity contribution is 9.11. The van der Waals surface area contributed by atoms with Gasteiger partial charge in [-0.05, 0) is 18.1 Å². The normalized spacial score (nSPS) is 32.7. The van der Waals surface area contributed by atoms with Gasteiger partial charge in [0.1, 0.15) is 12.3 Å². The van der Waals surface area contributed by atoms with Crippen LogP contribution in [0.3, 0.4) is 0 Å². The van der Waals surface area contributed by atoms with Crippen molar-refractivity contribution in [1.82, 2.24) is 14.2 Å². The number of halogens is 1. The third-order valence-corrected chi connectivity index (χ3v) is 6.53. The highest BCUT2D eigenvalue weighted by Crippen LogP contribution is 2.54. The van der Waals surface area contributed by atoms with E-state index in [-0.39, 0.29) is 18.6 Å². The van der Waals surface area contributed by atoms with Crippen LogP contribution in [0.5, 0.6) is 0 Å². The summed E-state index contributed by atoms with van der Waals surface area (Å²) in [6.07, 6.45) is 0.479. The molecule has 0 saturated carbocycles. The lowest BCUT2D eigenvalue weighted by Crippen LogP contribution is -2.33. The van der Waals surface area contributed by atoms with Crippen molar-refractivity contribution in [3.63, 3.8) is 0 Å². The van der Waals surface area contributed by atoms with Crippen LogP contribution >= 0.6 is 23.7 Å². The fraction of sp³-hybridized carbons (Fsp3) is 0.571. The number of aliphatic hydroxyl groups excluding tert-OH is 1. The average Bonchev–Trinajstić information content (AvgIpc) is 3.11. The minimum absolute atomic E-state index is 0.123. The maximum absolute atomic E-state index is 12.4. The molecule has 3 heterocycles. The molecule has 10 nitrogen and oxygen atoms in total. The summed E-state index contributed by atoms with van der Waals surface area (Å²) in [4.78, 5) is 27.5. The van der Waals surface area contributed by atoms with Crippen molar-refractivity contribution >= 4 is 29.8 Å². The van der Waals surface area contributed by atoms with E-state index >= 15 is 0 Å². The molecule has 1 aromatic heterocycles. The van der Waals surface area contributed by atoms with Gasteiger partial charge in [-0.25, -0.2) is 14.0 Å². The second-order valence-electron chi connectivity index (χ2n) is 5.95. The summed E-state index contributed by atoms with van der Waals surface area (Å²) >= 11 is 3.08. The highest BCUT2D eigenvalue weighted by Gasteiger charge is 2.41. The van der Waals surface area contributed by atoms with E-state index in [0.29, 0.717) is 13.2 Å². The lowest BCUT2D eigenvalue weighted by atomic mass is 10.2. The summed E-state index contributed by atoms with van der Waals surface area (Å²) in [5.41, 5.74) is -0.920. The first-order valence-corrected chi connectivity index (χ1v) is 10.3. The molecule has 3 rings (SSSR count). The fourth-order valence-corrected chi connectivity index (χ4v) is 4.48. The number of aromatic nitrogens is 2. The molecule has 0 aromatic carbocycles. The Morgan fingerprint density at radius 2 is 2.31 bits per heavy atom. The van der Waals surface area contributed by atoms with E-state index in [1.54, 1.807) is 7.05 Å². The molecule has 0 aliphatic carbocycles. The number of ether oxygens (including phenoxy) is 1. The molecule has 0 amide bonds. The summed E-state index contributed by atoms with van der Waals surface area (Å²) in [6.45, 7) is 0.650. The number of aromatic amines is 1. The molecule has 0 spiro atoms. The van der Waals surface area contributed by atoms with E-state index in [4.69, 9.17) is 13.8 Å². The summed E-state index contributed by atoms with van der Waals surface area (Å²) in [5.74, 6) is 0. The van der Waals surface area contributed by atoms with Crippen LogP contribution in [0.25, 0.3) is 6.08 Å². The average molecular weight is 452 g/mol. The Balaban J connectivity index is 1.73. The van der Waals surface area contributed by atoms with Gasteiger partial charge in [-0.2, -0.15) is 0 Å². The van der Waals surface area contributed by atoms with Gasteiger partial charge in [0.2, 0.25) is 0 Å². The molecular formula is C14H19BrN3O7P. The first-order valence-electron chi connectivity index (χ1n) is 7.90. The standard InChI is InChI=1S/C14H19BrN3O7P/c1-17-4-5-23-26(17,22)24-8-11-10(19)6-12(25-11)18-7-9(2-3-15)13(20)16-14(18)21/h2-3,7,10-12,19H,4-6,8H2,1H3,(H,16,20,21)/b3-2+/t10-,11+,12+,26?/m0/s1. The first kappa shape index (κ1) is 19.7. The molecule has 2 aliphatic rings. The van der Waals surface area contributed by atoms with Gasteiger partial charge < -0.3 is 9.84 Å². The molecule has 0 radical (unpaired) electrons. The lowest BCUT2D eigenvalue weighted by Gasteiger charge is -2.21. The van der Waals surface area contributed by atoms with E-state index in [1.807, 2.05) is 0 Å². The summed E-state index contributed by atoms with van der Waals surface area (Å²) < 4.78 is 31.3. The molecule has 2 aliphatic heterocycles. The van der Waals surface area contributed by atoms with Gasteiger partial charge in [0.05, 0.1) is 24.9 Å². The van der Waals surface area contributed by atoms with E-state index in [0.717, 1.165) is 0 Å². The third kappa shape index (κ3) is 3.94. The molecule has 12 heteroatoms. The summed E-state index contributed by atoms with van der Waals surface area (Å²) in [6, 6.07) is 0. The SMILES string of the molecule is CN1CCOP1(=O)OC[C@H]1O[C@@H](n2cc(/C=C/Br)c(=O)[nH]c2=O)C[C@@H]1O. The second-order valence-corrected chi connectivity index (χ2v) is 8.62. The van der Waals surface area contributed by atoms with Crippen LogP contribution in [0.2, 0.25) is 0 Å². The zero-order chi connectivity index (χ0) is 18.9. The predicted molar refractivity (Wildman–Crippen MR) is 96.0 cm³/mol. The van der Waals surface area contributed by atoms with Crippen LogP contribution in [0.4, 0.5) is 0 Å². The molecule has 1 aromatic rings. The Kier molecular flexibility index (Phi) is 5.97. The van der Waals surface area contributed by atoms with Crippen LogP contribution in [0.1, 0.15) is 18.2 Å². The quantitative estimate of drug-likeness (QED) is 0.625. The van der Waals surface area contributed by atoms with Crippen LogP contribution in [-0.2, 0) is 18.3 Å². The minimum atomic E-state index is -3.35. The number of aliphatic hydroxyl groups is 1. The van der Waals surface area contributed by atoms with Gasteiger partial charge in [-0.3, -0.25) is 23.4 Å². The van der Waals surface area contributed by atoms with Gasteiger partial charge in [-0.1, -0.05) is 15.9 Å². The van der Waals surface area contributed by atoms with Crippen LogP contribution in [0.15, 0.2) is 20.8 Å². The Morgan fingerprint density at radius 1 is 1.54 bits per heavy atom. The van der Waals surface area contributed by atoms with Crippen LogP contribution in [-0.4, -0.2) is 58.3 Å². The van der Waals surface area contributed by atoms with Gasteiger partial charge >= 0.3 is 13.4 Å². The monoisotopic (exact) mass is 451 g/mol. The lowest BCUT2D eigenvalue weighted by molar-refractivity contribution is -0.0437. The molecule has 26 heavy (non-hydrogen) atoms. The van der Waals surface area contributed by atoms with E-state index in [1.165, 1.54) is 26.5 Å². The van der Waals surface area contributed by atoms with Crippen LogP contribution < -0.4 is 11.2 Å². The number of rotatable bonds is 5. The Bertz CT molecular complexity index is 854. The van der Waals surface area contributed by atoms with E-state index in [9.17, 15) is 19.3 Å². The van der Waals surface area contributed by atoms with Crippen molar-refractivity contribution in [2.24, 2.45) is 0 Å². The molecule has 0 bridgehead atoms. The second kappa shape index (κ2) is 7.89. The van der Waals surface area contributed by atoms with E-state index < -0.39 is 37.4 Å².